The number of aromatic nitrogens is 1. The Kier molecular flexibility index (Phi) is 5.62. The Morgan fingerprint density at radius 1 is 1.00 bits per heavy atom. The van der Waals surface area contributed by atoms with Gasteiger partial charge in [-0.15, -0.1) is 13.2 Å². The van der Waals surface area contributed by atoms with Crippen molar-refractivity contribution in [1.82, 2.24) is 4.98 Å². The summed E-state index contributed by atoms with van der Waals surface area (Å²) >= 11 is 0. The number of amides is 1. The molecule has 1 N–H and O–H groups in total. The normalized spacial score (nSPS) is 17.6. The maximum atomic E-state index is 13.5. The van der Waals surface area contributed by atoms with E-state index in [4.69, 9.17) is 9.47 Å². The number of carbonyl (C=O) groups excluding carboxylic acids is 1. The summed E-state index contributed by atoms with van der Waals surface area (Å²) in [6.45, 7) is 0.0706. The van der Waals surface area contributed by atoms with Crippen molar-refractivity contribution in [2.75, 3.05) is 19.1 Å². The van der Waals surface area contributed by atoms with Crippen molar-refractivity contribution in [3.8, 4) is 17.4 Å². The highest BCUT2D eigenvalue weighted by Crippen LogP contribution is 2.47. The van der Waals surface area contributed by atoms with Gasteiger partial charge in [-0.25, -0.2) is 4.98 Å². The van der Waals surface area contributed by atoms with E-state index in [1.54, 1.807) is 24.3 Å². The topological polar surface area (TPSA) is 81.1 Å². The molecule has 0 saturated carbocycles. The second kappa shape index (κ2) is 8.28. The Morgan fingerprint density at radius 3 is 2.27 bits per heavy atom. The first kappa shape index (κ1) is 22.4. The number of carbonyl (C=O) groups is 1. The average Bonchev–Trinajstić information content (AvgIpc) is 3.01. The molecule has 1 aromatic heterocycles. The molecule has 0 saturated heterocycles. The fourth-order valence-electron chi connectivity index (χ4n) is 3.72. The molecule has 1 aliphatic heterocycles. The van der Waals surface area contributed by atoms with Crippen LogP contribution in [0.5, 0.6) is 17.4 Å². The minimum atomic E-state index is -4.93. The van der Waals surface area contributed by atoms with Crippen molar-refractivity contribution >= 4 is 11.6 Å². The van der Waals surface area contributed by atoms with Crippen LogP contribution in [0.15, 0.2) is 60.8 Å². The van der Waals surface area contributed by atoms with Gasteiger partial charge in [0.1, 0.15) is 11.5 Å². The number of hydrogen-bond donors (Lipinski definition) is 1. The molecule has 0 radical (unpaired) electrons. The predicted molar refractivity (Wildman–Crippen MR) is 111 cm³/mol. The molecule has 0 aliphatic carbocycles. The highest BCUT2D eigenvalue weighted by Gasteiger charge is 2.52. The van der Waals surface area contributed by atoms with Crippen molar-refractivity contribution in [1.29, 1.82) is 0 Å². The number of alkyl halides is 3. The van der Waals surface area contributed by atoms with Crippen LogP contribution in [0.25, 0.3) is 0 Å². The first-order chi connectivity index (χ1) is 15.7. The van der Waals surface area contributed by atoms with Crippen LogP contribution < -0.4 is 19.1 Å². The standard InChI is InChI=1S/C23H19F3N2O5/c1-31-16-6-3-14(4-7-16)13-28-19-9-8-17(33-23(24,25)26)11-18(19)22(30,21(28)29)15-5-10-20(32-2)27-12-15/h3-12,30H,13H2,1-2H3. The number of halogens is 3. The summed E-state index contributed by atoms with van der Waals surface area (Å²) in [6.07, 6.45) is -3.69. The van der Waals surface area contributed by atoms with E-state index in [0.717, 1.165) is 17.7 Å². The van der Waals surface area contributed by atoms with E-state index in [2.05, 4.69) is 9.72 Å². The summed E-state index contributed by atoms with van der Waals surface area (Å²) in [4.78, 5) is 18.8. The molecule has 33 heavy (non-hydrogen) atoms. The van der Waals surface area contributed by atoms with Crippen LogP contribution in [0.4, 0.5) is 18.9 Å². The number of benzene rings is 2. The van der Waals surface area contributed by atoms with E-state index in [0.29, 0.717) is 5.75 Å². The minimum Gasteiger partial charge on any atom is -0.497 e. The van der Waals surface area contributed by atoms with Crippen LogP contribution in [0.1, 0.15) is 16.7 Å². The van der Waals surface area contributed by atoms with Gasteiger partial charge in [0.2, 0.25) is 5.88 Å². The van der Waals surface area contributed by atoms with E-state index in [1.807, 2.05) is 0 Å². The third-order valence-electron chi connectivity index (χ3n) is 5.30. The molecule has 0 bridgehead atoms. The van der Waals surface area contributed by atoms with Gasteiger partial charge in [-0.1, -0.05) is 12.1 Å². The molecule has 0 fully saturated rings. The lowest BCUT2D eigenvalue weighted by Crippen LogP contribution is -2.41. The average molecular weight is 460 g/mol. The second-order valence-corrected chi connectivity index (χ2v) is 7.27. The number of fused-ring (bicyclic) bond motifs is 1. The van der Waals surface area contributed by atoms with Crippen molar-refractivity contribution in [2.24, 2.45) is 0 Å². The molecule has 7 nitrogen and oxygen atoms in total. The van der Waals surface area contributed by atoms with Gasteiger partial charge in [-0.2, -0.15) is 0 Å². The quantitative estimate of drug-likeness (QED) is 0.603. The van der Waals surface area contributed by atoms with Crippen LogP contribution in [0.2, 0.25) is 0 Å². The monoisotopic (exact) mass is 460 g/mol. The fourth-order valence-corrected chi connectivity index (χ4v) is 3.72. The van der Waals surface area contributed by atoms with Crippen molar-refractivity contribution in [3.05, 3.63) is 77.5 Å². The summed E-state index contributed by atoms with van der Waals surface area (Å²) < 4.78 is 52.6. The molecule has 1 amide bonds. The van der Waals surface area contributed by atoms with E-state index >= 15 is 0 Å². The zero-order valence-corrected chi connectivity index (χ0v) is 17.6. The molecule has 4 rings (SSSR count). The van der Waals surface area contributed by atoms with Gasteiger partial charge in [0.25, 0.3) is 5.91 Å². The second-order valence-electron chi connectivity index (χ2n) is 7.27. The highest BCUT2D eigenvalue weighted by molar-refractivity contribution is 6.09. The van der Waals surface area contributed by atoms with E-state index in [-0.39, 0.29) is 29.2 Å². The summed E-state index contributed by atoms with van der Waals surface area (Å²) in [5.41, 5.74) is -1.26. The van der Waals surface area contributed by atoms with E-state index in [1.165, 1.54) is 43.5 Å². The Balaban J connectivity index is 1.80. The largest absolute Gasteiger partial charge is 0.573 e. The van der Waals surface area contributed by atoms with Crippen LogP contribution >= 0.6 is 0 Å². The molecule has 0 spiro atoms. The maximum absolute atomic E-state index is 13.5. The molecule has 3 aromatic rings. The Morgan fingerprint density at radius 2 is 1.70 bits per heavy atom. The summed E-state index contributed by atoms with van der Waals surface area (Å²) in [7, 11) is 2.93. The molecule has 1 unspecified atom stereocenters. The zero-order valence-electron chi connectivity index (χ0n) is 17.6. The molecular formula is C23H19F3N2O5. The van der Waals surface area contributed by atoms with Gasteiger partial charge >= 0.3 is 6.36 Å². The van der Waals surface area contributed by atoms with Crippen molar-refractivity contribution in [2.45, 2.75) is 18.5 Å². The fraction of sp³-hybridized carbons (Fsp3) is 0.217. The first-order valence-corrected chi connectivity index (χ1v) is 9.74. The lowest BCUT2D eigenvalue weighted by atomic mass is 9.88. The number of pyridine rings is 1. The zero-order chi connectivity index (χ0) is 23.8. The van der Waals surface area contributed by atoms with E-state index < -0.39 is 23.6 Å². The van der Waals surface area contributed by atoms with Crippen LogP contribution in [-0.4, -0.2) is 36.6 Å². The molecule has 1 atom stereocenters. The lowest BCUT2D eigenvalue weighted by molar-refractivity contribution is -0.274. The van der Waals surface area contributed by atoms with Gasteiger partial charge in [-0.3, -0.25) is 4.79 Å². The lowest BCUT2D eigenvalue weighted by Gasteiger charge is -2.23. The molecule has 10 heteroatoms. The number of aliphatic hydroxyl groups is 1. The Labute approximate surface area is 187 Å². The number of anilines is 1. The van der Waals surface area contributed by atoms with Gasteiger partial charge in [-0.05, 0) is 42.0 Å². The van der Waals surface area contributed by atoms with Crippen LogP contribution in [0, 0.1) is 0 Å². The molecule has 172 valence electrons. The van der Waals surface area contributed by atoms with Gasteiger partial charge in [0, 0.05) is 23.4 Å². The third-order valence-corrected chi connectivity index (χ3v) is 5.30. The van der Waals surface area contributed by atoms with Crippen molar-refractivity contribution in [3.63, 3.8) is 0 Å². The third kappa shape index (κ3) is 4.17. The smallest absolute Gasteiger partial charge is 0.497 e. The highest BCUT2D eigenvalue weighted by atomic mass is 19.4. The Bertz CT molecular complexity index is 1170. The maximum Gasteiger partial charge on any atom is 0.573 e. The van der Waals surface area contributed by atoms with Gasteiger partial charge in [0.15, 0.2) is 5.60 Å². The first-order valence-electron chi connectivity index (χ1n) is 9.74. The summed E-state index contributed by atoms with van der Waals surface area (Å²) in [5.74, 6) is -0.413. The number of hydrogen-bond acceptors (Lipinski definition) is 6. The molecular weight excluding hydrogens is 441 g/mol. The van der Waals surface area contributed by atoms with Gasteiger partial charge in [0.05, 0.1) is 26.5 Å². The summed E-state index contributed by atoms with van der Waals surface area (Å²) in [6, 6.07) is 13.2. The van der Waals surface area contributed by atoms with E-state index in [9.17, 15) is 23.1 Å². The SMILES string of the molecule is COc1ccc(CN2C(=O)C(O)(c3ccc(OC)nc3)c3cc(OC(F)(F)F)ccc32)cc1. The van der Waals surface area contributed by atoms with Crippen molar-refractivity contribution < 1.29 is 37.3 Å². The number of rotatable bonds is 6. The number of nitrogens with zero attached hydrogens (tertiary/aromatic N) is 2. The number of methoxy groups -OCH3 is 2. The summed E-state index contributed by atoms with van der Waals surface area (Å²) in [5, 5.41) is 11.6. The number of ether oxygens (including phenoxy) is 3. The molecule has 2 aromatic carbocycles. The van der Waals surface area contributed by atoms with Crippen LogP contribution in [-0.2, 0) is 16.9 Å². The molecule has 2 heterocycles. The van der Waals surface area contributed by atoms with Gasteiger partial charge < -0.3 is 24.2 Å². The Hall–Kier alpha value is -3.79. The molecule has 1 aliphatic rings. The predicted octanol–water partition coefficient (Wildman–Crippen LogP) is 3.78. The van der Waals surface area contributed by atoms with Crippen LogP contribution in [0.3, 0.4) is 0 Å². The minimum absolute atomic E-state index is 0.0465.